The summed E-state index contributed by atoms with van der Waals surface area (Å²) >= 11 is 0. The molecule has 2 N–H and O–H groups in total. The molecule has 1 unspecified atom stereocenters. The number of hydrogen-bond donors (Lipinski definition) is 2. The van der Waals surface area contributed by atoms with Gasteiger partial charge >= 0.3 is 12.0 Å². The minimum atomic E-state index is -0.936. The number of carboxylic acid groups (broad SMARTS) is 1. The first kappa shape index (κ1) is 17.0. The minimum Gasteiger partial charge on any atom is -0.481 e. The van der Waals surface area contributed by atoms with Crippen molar-refractivity contribution in [1.82, 2.24) is 10.2 Å². The highest BCUT2D eigenvalue weighted by Crippen LogP contribution is 2.17. The van der Waals surface area contributed by atoms with Crippen LogP contribution in [0.15, 0.2) is 30.3 Å². The number of amides is 2. The monoisotopic (exact) mass is 292 g/mol. The molecule has 0 spiro atoms. The number of aliphatic carboxylic acids is 1. The number of carbonyl (C=O) groups is 2. The summed E-state index contributed by atoms with van der Waals surface area (Å²) in [6, 6.07) is 8.41. The van der Waals surface area contributed by atoms with Crippen molar-refractivity contribution in [1.29, 1.82) is 0 Å². The van der Waals surface area contributed by atoms with Crippen molar-refractivity contribution in [2.75, 3.05) is 13.6 Å². The smallest absolute Gasteiger partial charge is 0.317 e. The van der Waals surface area contributed by atoms with Crippen molar-refractivity contribution >= 4 is 12.0 Å². The average molecular weight is 292 g/mol. The van der Waals surface area contributed by atoms with Gasteiger partial charge in [0.15, 0.2) is 0 Å². The first-order valence-electron chi connectivity index (χ1n) is 7.18. The number of carbonyl (C=O) groups excluding carboxylic acids is 1. The Kier molecular flexibility index (Phi) is 6.72. The third kappa shape index (κ3) is 6.29. The molecule has 0 radical (unpaired) electrons. The Morgan fingerprint density at radius 3 is 2.38 bits per heavy atom. The fourth-order valence-corrected chi connectivity index (χ4v) is 1.92. The molecule has 0 aliphatic rings. The molecular weight excluding hydrogens is 268 g/mol. The van der Waals surface area contributed by atoms with Gasteiger partial charge in [-0.25, -0.2) is 4.79 Å². The standard InChI is InChI=1S/C16H24N2O3/c1-12(2)9-10-18(3)16(21)17-14(11-15(19)20)13-7-5-4-6-8-13/h4-8,12,14H,9-11H2,1-3H3,(H,17,21)(H,19,20). The molecule has 0 aromatic heterocycles. The lowest BCUT2D eigenvalue weighted by atomic mass is 10.0. The second-order valence-corrected chi connectivity index (χ2v) is 5.61. The van der Waals surface area contributed by atoms with Gasteiger partial charge in [0.2, 0.25) is 0 Å². The van der Waals surface area contributed by atoms with Gasteiger partial charge in [0.1, 0.15) is 0 Å². The molecule has 1 atom stereocenters. The molecule has 5 nitrogen and oxygen atoms in total. The molecule has 5 heteroatoms. The summed E-state index contributed by atoms with van der Waals surface area (Å²) in [5.41, 5.74) is 0.797. The maximum absolute atomic E-state index is 12.1. The van der Waals surface area contributed by atoms with Crippen LogP contribution in [0.3, 0.4) is 0 Å². The van der Waals surface area contributed by atoms with E-state index in [0.29, 0.717) is 12.5 Å². The van der Waals surface area contributed by atoms with Crippen LogP contribution in [0, 0.1) is 5.92 Å². The lowest BCUT2D eigenvalue weighted by molar-refractivity contribution is -0.137. The van der Waals surface area contributed by atoms with Gasteiger partial charge in [0.05, 0.1) is 12.5 Å². The van der Waals surface area contributed by atoms with Crippen LogP contribution in [0.4, 0.5) is 4.79 Å². The van der Waals surface area contributed by atoms with E-state index in [-0.39, 0.29) is 12.5 Å². The number of nitrogens with zero attached hydrogens (tertiary/aromatic N) is 1. The highest BCUT2D eigenvalue weighted by Gasteiger charge is 2.19. The van der Waals surface area contributed by atoms with Crippen LogP contribution in [0.1, 0.15) is 38.3 Å². The summed E-state index contributed by atoms with van der Waals surface area (Å²) in [4.78, 5) is 24.7. The Morgan fingerprint density at radius 1 is 1.24 bits per heavy atom. The predicted molar refractivity (Wildman–Crippen MR) is 82.1 cm³/mol. The predicted octanol–water partition coefficient (Wildman–Crippen LogP) is 2.89. The molecule has 0 aliphatic carbocycles. The maximum atomic E-state index is 12.1. The topological polar surface area (TPSA) is 69.6 Å². The number of benzene rings is 1. The van der Waals surface area contributed by atoms with Crippen molar-refractivity contribution in [3.05, 3.63) is 35.9 Å². The molecule has 1 aromatic carbocycles. The third-order valence-electron chi connectivity index (χ3n) is 3.27. The Hall–Kier alpha value is -2.04. The van der Waals surface area contributed by atoms with E-state index in [9.17, 15) is 9.59 Å². The highest BCUT2D eigenvalue weighted by atomic mass is 16.4. The fraction of sp³-hybridized carbons (Fsp3) is 0.500. The first-order chi connectivity index (χ1) is 9.90. The van der Waals surface area contributed by atoms with Crippen LogP contribution >= 0.6 is 0 Å². The molecule has 0 heterocycles. The average Bonchev–Trinajstić information content (AvgIpc) is 2.44. The Labute approximate surface area is 126 Å². The molecule has 0 saturated carbocycles. The molecule has 0 aliphatic heterocycles. The van der Waals surface area contributed by atoms with E-state index in [2.05, 4.69) is 19.2 Å². The Bertz CT molecular complexity index is 460. The SMILES string of the molecule is CC(C)CCN(C)C(=O)NC(CC(=O)O)c1ccccc1. The molecule has 0 fully saturated rings. The van der Waals surface area contributed by atoms with E-state index < -0.39 is 12.0 Å². The molecular formula is C16H24N2O3. The van der Waals surface area contributed by atoms with Gasteiger partial charge in [-0.05, 0) is 17.9 Å². The largest absolute Gasteiger partial charge is 0.481 e. The summed E-state index contributed by atoms with van der Waals surface area (Å²) in [6.07, 6.45) is 0.784. The zero-order chi connectivity index (χ0) is 15.8. The van der Waals surface area contributed by atoms with E-state index in [1.807, 2.05) is 30.3 Å². The van der Waals surface area contributed by atoms with E-state index in [0.717, 1.165) is 12.0 Å². The van der Waals surface area contributed by atoms with Crippen LogP contribution in [-0.2, 0) is 4.79 Å². The van der Waals surface area contributed by atoms with Gasteiger partial charge in [-0.1, -0.05) is 44.2 Å². The number of hydrogen-bond acceptors (Lipinski definition) is 2. The summed E-state index contributed by atoms with van der Waals surface area (Å²) in [7, 11) is 1.72. The molecule has 21 heavy (non-hydrogen) atoms. The van der Waals surface area contributed by atoms with Crippen molar-refractivity contribution < 1.29 is 14.7 Å². The van der Waals surface area contributed by atoms with Gasteiger partial charge in [0, 0.05) is 13.6 Å². The summed E-state index contributed by atoms with van der Waals surface area (Å²) in [5, 5.41) is 11.8. The molecule has 0 saturated heterocycles. The van der Waals surface area contributed by atoms with Crippen molar-refractivity contribution in [2.45, 2.75) is 32.7 Å². The lowest BCUT2D eigenvalue weighted by Crippen LogP contribution is -2.40. The zero-order valence-electron chi connectivity index (χ0n) is 12.9. The lowest BCUT2D eigenvalue weighted by Gasteiger charge is -2.23. The van der Waals surface area contributed by atoms with Gasteiger partial charge in [-0.2, -0.15) is 0 Å². The minimum absolute atomic E-state index is 0.131. The number of nitrogens with one attached hydrogen (secondary N) is 1. The van der Waals surface area contributed by atoms with Gasteiger partial charge < -0.3 is 15.3 Å². The van der Waals surface area contributed by atoms with E-state index in [1.165, 1.54) is 0 Å². The van der Waals surface area contributed by atoms with Crippen LogP contribution in [-0.4, -0.2) is 35.6 Å². The summed E-state index contributed by atoms with van der Waals surface area (Å²) in [6.45, 7) is 4.85. The second kappa shape index (κ2) is 8.29. The van der Waals surface area contributed by atoms with Gasteiger partial charge in [-0.3, -0.25) is 4.79 Å². The highest BCUT2D eigenvalue weighted by molar-refractivity contribution is 5.76. The van der Waals surface area contributed by atoms with Gasteiger partial charge in [0.25, 0.3) is 0 Å². The van der Waals surface area contributed by atoms with Crippen molar-refractivity contribution in [3.8, 4) is 0 Å². The van der Waals surface area contributed by atoms with E-state index in [1.54, 1.807) is 11.9 Å². The first-order valence-corrected chi connectivity index (χ1v) is 7.18. The van der Waals surface area contributed by atoms with Crippen molar-refractivity contribution in [2.24, 2.45) is 5.92 Å². The van der Waals surface area contributed by atoms with Crippen molar-refractivity contribution in [3.63, 3.8) is 0 Å². The zero-order valence-corrected chi connectivity index (χ0v) is 12.9. The van der Waals surface area contributed by atoms with E-state index in [4.69, 9.17) is 5.11 Å². The van der Waals surface area contributed by atoms with Crippen LogP contribution in [0.25, 0.3) is 0 Å². The maximum Gasteiger partial charge on any atom is 0.317 e. The normalized spacial score (nSPS) is 12.0. The molecule has 1 aromatic rings. The quantitative estimate of drug-likeness (QED) is 0.812. The molecule has 0 bridgehead atoms. The molecule has 116 valence electrons. The van der Waals surface area contributed by atoms with Crippen LogP contribution in [0.5, 0.6) is 0 Å². The Morgan fingerprint density at radius 2 is 1.86 bits per heavy atom. The summed E-state index contributed by atoms with van der Waals surface area (Å²) in [5.74, 6) is -0.418. The number of rotatable bonds is 7. The van der Waals surface area contributed by atoms with E-state index >= 15 is 0 Å². The second-order valence-electron chi connectivity index (χ2n) is 5.61. The molecule has 1 rings (SSSR count). The van der Waals surface area contributed by atoms with Gasteiger partial charge in [-0.15, -0.1) is 0 Å². The summed E-state index contributed by atoms with van der Waals surface area (Å²) < 4.78 is 0. The number of urea groups is 1. The van der Waals surface area contributed by atoms with Crippen LogP contribution in [0.2, 0.25) is 0 Å². The number of carboxylic acids is 1. The molecule has 2 amide bonds. The fourth-order valence-electron chi connectivity index (χ4n) is 1.92. The third-order valence-corrected chi connectivity index (χ3v) is 3.27. The van der Waals surface area contributed by atoms with Crippen LogP contribution < -0.4 is 5.32 Å². The Balaban J connectivity index is 2.68.